The highest BCUT2D eigenvalue weighted by Crippen LogP contribution is 2.22. The summed E-state index contributed by atoms with van der Waals surface area (Å²) in [7, 11) is 0. The van der Waals surface area contributed by atoms with E-state index in [0.29, 0.717) is 11.3 Å². The number of hydrogen-bond donors (Lipinski definition) is 0. The minimum absolute atomic E-state index is 0.0687. The number of alkyl halides is 3. The van der Waals surface area contributed by atoms with Crippen LogP contribution in [0.3, 0.4) is 0 Å². The summed E-state index contributed by atoms with van der Waals surface area (Å²) in [6.07, 6.45) is -2.89. The van der Waals surface area contributed by atoms with Gasteiger partial charge in [0.25, 0.3) is 6.43 Å². The summed E-state index contributed by atoms with van der Waals surface area (Å²) >= 11 is 5.44. The Balaban J connectivity index is 3.20. The summed E-state index contributed by atoms with van der Waals surface area (Å²) in [5.74, 6) is -0.935. The van der Waals surface area contributed by atoms with Crippen molar-refractivity contribution in [1.29, 1.82) is 0 Å². The second-order valence-corrected chi connectivity index (χ2v) is 2.80. The van der Waals surface area contributed by atoms with Gasteiger partial charge < -0.3 is 0 Å². The van der Waals surface area contributed by atoms with Crippen molar-refractivity contribution < 1.29 is 13.2 Å². The maximum Gasteiger partial charge on any atom is 0.283 e. The molecule has 5 heteroatoms. The summed E-state index contributed by atoms with van der Waals surface area (Å²) in [4.78, 5) is 3.43. The monoisotopic (exact) mass is 209 g/mol. The second-order valence-electron chi connectivity index (χ2n) is 2.53. The Kier molecular flexibility index (Phi) is 3.14. The molecular weight excluding hydrogens is 203 g/mol. The lowest BCUT2D eigenvalue weighted by Crippen LogP contribution is -2.01. The van der Waals surface area contributed by atoms with Crippen LogP contribution >= 0.6 is 11.6 Å². The minimum atomic E-state index is -2.89. The Morgan fingerprint density at radius 3 is 2.62 bits per heavy atom. The Labute approximate surface area is 78.5 Å². The molecule has 0 aliphatic carbocycles. The van der Waals surface area contributed by atoms with E-state index in [0.717, 1.165) is 6.07 Å². The van der Waals surface area contributed by atoms with Crippen LogP contribution in [0, 0.1) is 12.7 Å². The first-order valence-corrected chi connectivity index (χ1v) is 4.09. The van der Waals surface area contributed by atoms with E-state index in [2.05, 4.69) is 4.98 Å². The van der Waals surface area contributed by atoms with Gasteiger partial charge in [-0.1, -0.05) is 0 Å². The molecule has 0 saturated carbocycles. The van der Waals surface area contributed by atoms with E-state index in [9.17, 15) is 13.2 Å². The van der Waals surface area contributed by atoms with Crippen LogP contribution in [0.5, 0.6) is 0 Å². The Morgan fingerprint density at radius 2 is 2.15 bits per heavy atom. The van der Waals surface area contributed by atoms with Crippen LogP contribution in [0.1, 0.15) is 23.4 Å². The molecule has 1 rings (SSSR count). The van der Waals surface area contributed by atoms with Crippen LogP contribution in [-0.4, -0.2) is 4.98 Å². The van der Waals surface area contributed by atoms with Crippen LogP contribution in [-0.2, 0) is 5.88 Å². The third-order valence-electron chi connectivity index (χ3n) is 1.65. The van der Waals surface area contributed by atoms with Crippen molar-refractivity contribution in [3.05, 3.63) is 28.8 Å². The molecule has 0 saturated heterocycles. The smallest absolute Gasteiger partial charge is 0.249 e. The lowest BCUT2D eigenvalue weighted by atomic mass is 10.2. The third-order valence-corrected chi connectivity index (χ3v) is 1.94. The number of aromatic nitrogens is 1. The zero-order valence-corrected chi connectivity index (χ0v) is 7.58. The second kappa shape index (κ2) is 3.96. The van der Waals surface area contributed by atoms with Crippen molar-refractivity contribution in [2.75, 3.05) is 0 Å². The summed E-state index contributed by atoms with van der Waals surface area (Å²) < 4.78 is 37.1. The number of rotatable bonds is 2. The molecule has 0 aliphatic heterocycles. The van der Waals surface area contributed by atoms with E-state index < -0.39 is 17.9 Å². The van der Waals surface area contributed by atoms with Crippen molar-refractivity contribution in [2.45, 2.75) is 19.2 Å². The zero-order valence-electron chi connectivity index (χ0n) is 6.82. The summed E-state index contributed by atoms with van der Waals surface area (Å²) in [6, 6.07) is 0.997. The van der Waals surface area contributed by atoms with Gasteiger partial charge in [0, 0.05) is 11.6 Å². The first-order chi connectivity index (χ1) is 6.06. The topological polar surface area (TPSA) is 12.9 Å². The molecule has 0 radical (unpaired) electrons. The highest BCUT2D eigenvalue weighted by Gasteiger charge is 2.16. The van der Waals surface area contributed by atoms with Crippen LogP contribution < -0.4 is 0 Å². The lowest BCUT2D eigenvalue weighted by Gasteiger charge is -2.05. The van der Waals surface area contributed by atoms with Crippen molar-refractivity contribution in [3.8, 4) is 0 Å². The fourth-order valence-electron chi connectivity index (χ4n) is 0.926. The van der Waals surface area contributed by atoms with Gasteiger partial charge in [0.1, 0.15) is 5.69 Å². The minimum Gasteiger partial charge on any atom is -0.249 e. The molecule has 13 heavy (non-hydrogen) atoms. The molecule has 0 amide bonds. The zero-order chi connectivity index (χ0) is 10.0. The van der Waals surface area contributed by atoms with Crippen molar-refractivity contribution in [3.63, 3.8) is 0 Å². The van der Waals surface area contributed by atoms with Gasteiger partial charge >= 0.3 is 0 Å². The quantitative estimate of drug-likeness (QED) is 0.682. The van der Waals surface area contributed by atoms with E-state index in [1.165, 1.54) is 6.92 Å². The maximum atomic E-state index is 12.9. The number of aryl methyl sites for hydroxylation is 1. The highest BCUT2D eigenvalue weighted by molar-refractivity contribution is 6.17. The first-order valence-electron chi connectivity index (χ1n) is 3.56. The Bertz CT molecular complexity index is 315. The SMILES string of the molecule is Cc1nc(C(F)F)c(F)cc1CCl. The van der Waals surface area contributed by atoms with Gasteiger partial charge in [0.15, 0.2) is 5.82 Å². The Hall–Kier alpha value is -0.770. The average Bonchev–Trinajstić information content (AvgIpc) is 2.07. The molecule has 0 fully saturated rings. The van der Waals surface area contributed by atoms with Gasteiger partial charge in [-0.25, -0.2) is 18.2 Å². The summed E-state index contributed by atoms with van der Waals surface area (Å²) in [5, 5.41) is 0. The molecule has 0 unspecified atom stereocenters. The molecule has 1 heterocycles. The fourth-order valence-corrected chi connectivity index (χ4v) is 1.20. The molecule has 72 valence electrons. The van der Waals surface area contributed by atoms with E-state index in [4.69, 9.17) is 11.6 Å². The van der Waals surface area contributed by atoms with Gasteiger partial charge in [-0.3, -0.25) is 0 Å². The van der Waals surface area contributed by atoms with Crippen LogP contribution in [0.4, 0.5) is 13.2 Å². The van der Waals surface area contributed by atoms with E-state index >= 15 is 0 Å². The van der Waals surface area contributed by atoms with Crippen molar-refractivity contribution in [2.24, 2.45) is 0 Å². The summed E-state index contributed by atoms with van der Waals surface area (Å²) in [5.41, 5.74) is -0.0402. The normalized spacial score (nSPS) is 10.9. The van der Waals surface area contributed by atoms with Gasteiger partial charge in [-0.15, -0.1) is 11.6 Å². The molecular formula is C8H7ClF3N. The van der Waals surface area contributed by atoms with Gasteiger partial charge in [0.05, 0.1) is 0 Å². The first kappa shape index (κ1) is 10.3. The summed E-state index contributed by atoms with van der Waals surface area (Å²) in [6.45, 7) is 1.52. The lowest BCUT2D eigenvalue weighted by molar-refractivity contribution is 0.140. The predicted molar refractivity (Wildman–Crippen MR) is 43.4 cm³/mol. The third kappa shape index (κ3) is 2.12. The number of pyridine rings is 1. The van der Waals surface area contributed by atoms with E-state index in [1.807, 2.05) is 0 Å². The molecule has 0 N–H and O–H groups in total. The highest BCUT2D eigenvalue weighted by atomic mass is 35.5. The number of hydrogen-bond acceptors (Lipinski definition) is 1. The molecule has 0 bridgehead atoms. The van der Waals surface area contributed by atoms with E-state index in [-0.39, 0.29) is 5.88 Å². The standard InChI is InChI=1S/C8H7ClF3N/c1-4-5(3-9)2-6(10)7(13-4)8(11)12/h2,8H,3H2,1H3. The maximum absolute atomic E-state index is 12.9. The van der Waals surface area contributed by atoms with Crippen LogP contribution in [0.25, 0.3) is 0 Å². The molecule has 0 aliphatic rings. The van der Waals surface area contributed by atoms with Crippen molar-refractivity contribution >= 4 is 11.6 Å². The van der Waals surface area contributed by atoms with Gasteiger partial charge in [-0.05, 0) is 18.6 Å². The molecule has 1 nitrogen and oxygen atoms in total. The molecule has 1 aromatic rings. The Morgan fingerprint density at radius 1 is 1.54 bits per heavy atom. The van der Waals surface area contributed by atoms with Crippen LogP contribution in [0.2, 0.25) is 0 Å². The van der Waals surface area contributed by atoms with Crippen molar-refractivity contribution in [1.82, 2.24) is 4.98 Å². The average molecular weight is 210 g/mol. The molecule has 0 aromatic carbocycles. The molecule has 1 aromatic heterocycles. The molecule has 0 atom stereocenters. The van der Waals surface area contributed by atoms with Gasteiger partial charge in [-0.2, -0.15) is 0 Å². The predicted octanol–water partition coefficient (Wildman–Crippen LogP) is 3.21. The fraction of sp³-hybridized carbons (Fsp3) is 0.375. The number of nitrogens with zero attached hydrogens (tertiary/aromatic N) is 1. The molecule has 0 spiro atoms. The number of halogens is 4. The van der Waals surface area contributed by atoms with Gasteiger partial charge in [0.2, 0.25) is 0 Å². The van der Waals surface area contributed by atoms with Crippen LogP contribution in [0.15, 0.2) is 6.07 Å². The van der Waals surface area contributed by atoms with E-state index in [1.54, 1.807) is 0 Å². The largest absolute Gasteiger partial charge is 0.283 e.